The fourth-order valence-electron chi connectivity index (χ4n) is 1.34. The minimum Gasteiger partial charge on any atom is -0.480 e. The second-order valence-electron chi connectivity index (χ2n) is 3.64. The van der Waals surface area contributed by atoms with Gasteiger partial charge in [0.25, 0.3) is 0 Å². The number of aliphatic carboxylic acids is 1. The van der Waals surface area contributed by atoms with Crippen LogP contribution in [0.3, 0.4) is 0 Å². The predicted octanol–water partition coefficient (Wildman–Crippen LogP) is 3.55. The molecule has 0 aliphatic carbocycles. The molecule has 0 fully saturated rings. The van der Waals surface area contributed by atoms with Crippen LogP contribution < -0.4 is 0 Å². The molecular formula is C11H22O2S. The van der Waals surface area contributed by atoms with Crippen molar-refractivity contribution in [3.8, 4) is 0 Å². The smallest absolute Gasteiger partial charge is 0.316 e. The molecule has 0 amide bonds. The molecule has 0 radical (unpaired) electrons. The maximum Gasteiger partial charge on any atom is 0.316 e. The summed E-state index contributed by atoms with van der Waals surface area (Å²) >= 11 is 1.60. The highest BCUT2D eigenvalue weighted by Gasteiger charge is 2.16. The SMILES string of the molecule is CCCCCC(CC)SC(C)C(=O)O. The Balaban J connectivity index is 3.72. The van der Waals surface area contributed by atoms with Crippen LogP contribution in [-0.4, -0.2) is 21.6 Å². The number of rotatable bonds is 8. The summed E-state index contributed by atoms with van der Waals surface area (Å²) in [6.07, 6.45) is 5.96. The van der Waals surface area contributed by atoms with Crippen molar-refractivity contribution in [2.24, 2.45) is 0 Å². The first-order valence-electron chi connectivity index (χ1n) is 5.50. The molecule has 1 N–H and O–H groups in total. The van der Waals surface area contributed by atoms with Gasteiger partial charge in [0.15, 0.2) is 0 Å². The summed E-state index contributed by atoms with van der Waals surface area (Å²) in [7, 11) is 0. The Hall–Kier alpha value is -0.180. The lowest BCUT2D eigenvalue weighted by molar-refractivity contribution is -0.136. The third kappa shape index (κ3) is 6.30. The summed E-state index contributed by atoms with van der Waals surface area (Å²) in [5, 5.41) is 9.04. The van der Waals surface area contributed by atoms with Crippen molar-refractivity contribution < 1.29 is 9.90 Å². The van der Waals surface area contributed by atoms with Crippen LogP contribution in [0.5, 0.6) is 0 Å². The van der Waals surface area contributed by atoms with Gasteiger partial charge in [0, 0.05) is 5.25 Å². The van der Waals surface area contributed by atoms with E-state index in [-0.39, 0.29) is 5.25 Å². The molecule has 0 saturated carbocycles. The summed E-state index contributed by atoms with van der Waals surface area (Å²) in [6.45, 7) is 6.10. The van der Waals surface area contributed by atoms with Crippen molar-refractivity contribution >= 4 is 17.7 Å². The number of thioether (sulfide) groups is 1. The van der Waals surface area contributed by atoms with Gasteiger partial charge in [-0.15, -0.1) is 11.8 Å². The average Bonchev–Trinajstić information content (AvgIpc) is 2.16. The third-order valence-electron chi connectivity index (χ3n) is 2.33. The second kappa shape index (κ2) is 8.16. The molecule has 2 atom stereocenters. The lowest BCUT2D eigenvalue weighted by atomic mass is 10.1. The molecular weight excluding hydrogens is 196 g/mol. The van der Waals surface area contributed by atoms with Gasteiger partial charge in [0.1, 0.15) is 0 Å². The van der Waals surface area contributed by atoms with E-state index in [0.717, 1.165) is 12.8 Å². The van der Waals surface area contributed by atoms with Gasteiger partial charge in [-0.3, -0.25) is 4.79 Å². The molecule has 0 aliphatic heterocycles. The molecule has 84 valence electrons. The van der Waals surface area contributed by atoms with Crippen LogP contribution in [0, 0.1) is 0 Å². The van der Waals surface area contributed by atoms with Gasteiger partial charge < -0.3 is 5.11 Å². The minimum absolute atomic E-state index is 0.262. The highest BCUT2D eigenvalue weighted by atomic mass is 32.2. The highest BCUT2D eigenvalue weighted by Crippen LogP contribution is 2.25. The molecule has 2 unspecified atom stereocenters. The summed E-state index contributed by atoms with van der Waals surface area (Å²) in [6, 6.07) is 0. The second-order valence-corrected chi connectivity index (χ2v) is 5.29. The summed E-state index contributed by atoms with van der Waals surface area (Å²) in [4.78, 5) is 10.7. The fraction of sp³-hybridized carbons (Fsp3) is 0.909. The van der Waals surface area contributed by atoms with Crippen LogP contribution >= 0.6 is 11.8 Å². The van der Waals surface area contributed by atoms with Crippen LogP contribution in [0.15, 0.2) is 0 Å². The zero-order valence-electron chi connectivity index (χ0n) is 9.45. The monoisotopic (exact) mass is 218 g/mol. The molecule has 3 heteroatoms. The highest BCUT2D eigenvalue weighted by molar-refractivity contribution is 8.01. The average molecular weight is 218 g/mol. The van der Waals surface area contributed by atoms with Crippen molar-refractivity contribution in [1.82, 2.24) is 0 Å². The van der Waals surface area contributed by atoms with Gasteiger partial charge in [0.05, 0.1) is 5.25 Å². The first-order chi connectivity index (χ1) is 6.61. The Labute approximate surface area is 91.5 Å². The normalized spacial score (nSPS) is 15.1. The van der Waals surface area contributed by atoms with Crippen LogP contribution in [-0.2, 0) is 4.79 Å². The number of hydrogen-bond acceptors (Lipinski definition) is 2. The minimum atomic E-state index is -0.691. The third-order valence-corrected chi connectivity index (χ3v) is 3.89. The van der Waals surface area contributed by atoms with Crippen molar-refractivity contribution in [3.05, 3.63) is 0 Å². The van der Waals surface area contributed by atoms with Gasteiger partial charge in [-0.2, -0.15) is 0 Å². The number of carbonyl (C=O) groups is 1. The molecule has 0 aromatic heterocycles. The summed E-state index contributed by atoms with van der Waals surface area (Å²) < 4.78 is 0. The van der Waals surface area contributed by atoms with Crippen LogP contribution in [0.1, 0.15) is 52.9 Å². The first-order valence-corrected chi connectivity index (χ1v) is 6.44. The standard InChI is InChI=1S/C11H22O2S/c1-4-6-7-8-10(5-2)14-9(3)11(12)13/h9-10H,4-8H2,1-3H3,(H,12,13). The van der Waals surface area contributed by atoms with Crippen molar-refractivity contribution in [1.29, 1.82) is 0 Å². The molecule has 0 aromatic rings. The van der Waals surface area contributed by atoms with E-state index in [1.807, 2.05) is 0 Å². The maximum atomic E-state index is 10.7. The lowest BCUT2D eigenvalue weighted by Gasteiger charge is -2.16. The summed E-state index contributed by atoms with van der Waals surface area (Å²) in [5.41, 5.74) is 0. The first kappa shape index (κ1) is 13.8. The van der Waals surface area contributed by atoms with Gasteiger partial charge in [-0.05, 0) is 19.8 Å². The van der Waals surface area contributed by atoms with E-state index in [2.05, 4.69) is 13.8 Å². The Kier molecular flexibility index (Phi) is 8.05. The van der Waals surface area contributed by atoms with E-state index in [9.17, 15) is 4.79 Å². The molecule has 0 aliphatic rings. The van der Waals surface area contributed by atoms with Crippen LogP contribution in [0.25, 0.3) is 0 Å². The Morgan fingerprint density at radius 3 is 2.43 bits per heavy atom. The quantitative estimate of drug-likeness (QED) is 0.633. The molecule has 0 aromatic carbocycles. The molecule has 0 rings (SSSR count). The molecule has 0 heterocycles. The Bertz CT molecular complexity index is 159. The molecule has 2 nitrogen and oxygen atoms in total. The lowest BCUT2D eigenvalue weighted by Crippen LogP contribution is -2.16. The van der Waals surface area contributed by atoms with E-state index in [1.165, 1.54) is 19.3 Å². The van der Waals surface area contributed by atoms with E-state index in [0.29, 0.717) is 5.25 Å². The van der Waals surface area contributed by atoms with Crippen LogP contribution in [0.2, 0.25) is 0 Å². The molecule has 14 heavy (non-hydrogen) atoms. The summed E-state index contributed by atoms with van der Waals surface area (Å²) in [5.74, 6) is -0.691. The van der Waals surface area contributed by atoms with Gasteiger partial charge >= 0.3 is 5.97 Å². The number of unbranched alkanes of at least 4 members (excludes halogenated alkanes) is 2. The largest absolute Gasteiger partial charge is 0.480 e. The van der Waals surface area contributed by atoms with Crippen molar-refractivity contribution in [3.63, 3.8) is 0 Å². The maximum absolute atomic E-state index is 10.7. The molecule has 0 bridgehead atoms. The van der Waals surface area contributed by atoms with Gasteiger partial charge in [-0.25, -0.2) is 0 Å². The van der Waals surface area contributed by atoms with Gasteiger partial charge in [-0.1, -0.05) is 33.1 Å². The zero-order valence-corrected chi connectivity index (χ0v) is 10.3. The van der Waals surface area contributed by atoms with Crippen molar-refractivity contribution in [2.75, 3.05) is 0 Å². The van der Waals surface area contributed by atoms with E-state index < -0.39 is 5.97 Å². The van der Waals surface area contributed by atoms with E-state index in [4.69, 9.17) is 5.11 Å². The topological polar surface area (TPSA) is 37.3 Å². The molecule has 0 spiro atoms. The fourth-order valence-corrected chi connectivity index (χ4v) is 2.53. The molecule has 0 saturated heterocycles. The Morgan fingerprint density at radius 1 is 1.36 bits per heavy atom. The van der Waals surface area contributed by atoms with E-state index in [1.54, 1.807) is 18.7 Å². The van der Waals surface area contributed by atoms with Crippen molar-refractivity contribution in [2.45, 2.75) is 63.4 Å². The predicted molar refractivity (Wildman–Crippen MR) is 62.9 cm³/mol. The Morgan fingerprint density at radius 2 is 2.00 bits per heavy atom. The zero-order chi connectivity index (χ0) is 11.0. The van der Waals surface area contributed by atoms with Crippen LogP contribution in [0.4, 0.5) is 0 Å². The number of carboxylic acids is 1. The van der Waals surface area contributed by atoms with Gasteiger partial charge in [0.2, 0.25) is 0 Å². The number of carboxylic acid groups (broad SMARTS) is 1. The van der Waals surface area contributed by atoms with E-state index >= 15 is 0 Å². The number of hydrogen-bond donors (Lipinski definition) is 1.